The third-order valence-corrected chi connectivity index (χ3v) is 12.3. The SMILES string of the molecule is CCO[Si](C)(CCCN=Cc1ccc(C(C)=NCCC[SiH-](C)(OCC)OCC)cc1)OCC. The van der Waals surface area contributed by atoms with Crippen molar-refractivity contribution < 1.29 is 17.7 Å². The summed E-state index contributed by atoms with van der Waals surface area (Å²) < 4.78 is 23.6. The van der Waals surface area contributed by atoms with E-state index in [1.807, 2.05) is 33.9 Å². The molecule has 0 aliphatic heterocycles. The minimum absolute atomic E-state index is 0.711. The van der Waals surface area contributed by atoms with Gasteiger partial charge in [-0.2, -0.15) is 0 Å². The van der Waals surface area contributed by atoms with E-state index in [-0.39, 0.29) is 0 Å². The van der Waals surface area contributed by atoms with Crippen LogP contribution in [0.5, 0.6) is 0 Å². The molecule has 1 aromatic carbocycles. The molecule has 0 aliphatic rings. The average Bonchev–Trinajstić information content (AvgIpc) is 2.77. The van der Waals surface area contributed by atoms with Gasteiger partial charge in [0.25, 0.3) is 0 Å². The van der Waals surface area contributed by atoms with Crippen molar-refractivity contribution in [1.82, 2.24) is 0 Å². The summed E-state index contributed by atoms with van der Waals surface area (Å²) in [4.78, 5) is 9.36. The van der Waals surface area contributed by atoms with Crippen molar-refractivity contribution in [1.29, 1.82) is 0 Å². The van der Waals surface area contributed by atoms with Crippen LogP contribution in [0.4, 0.5) is 0 Å². The molecule has 8 heteroatoms. The fourth-order valence-corrected chi connectivity index (χ4v) is 9.15. The molecule has 0 unspecified atom stereocenters. The number of benzene rings is 1. The Morgan fingerprint density at radius 2 is 1.52 bits per heavy atom. The number of rotatable bonds is 18. The maximum atomic E-state index is 5.93. The molecule has 0 bridgehead atoms. The Hall–Kier alpha value is -1.17. The summed E-state index contributed by atoms with van der Waals surface area (Å²) in [7, 11) is -4.38. The van der Waals surface area contributed by atoms with Crippen LogP contribution in [0.2, 0.25) is 25.2 Å². The first-order chi connectivity index (χ1) is 15.8. The van der Waals surface area contributed by atoms with E-state index in [0.29, 0.717) is 13.2 Å². The first-order valence-electron chi connectivity index (χ1n) is 12.7. The van der Waals surface area contributed by atoms with Crippen LogP contribution >= 0.6 is 0 Å². The number of aliphatic imine (C=N–C) groups is 2. The van der Waals surface area contributed by atoms with Crippen LogP contribution < -0.4 is 0 Å². The second-order valence-electron chi connectivity index (χ2n) is 8.59. The molecule has 0 N–H and O–H groups in total. The Labute approximate surface area is 204 Å². The molecule has 0 aliphatic carbocycles. The molecule has 0 saturated heterocycles. The predicted molar refractivity (Wildman–Crippen MR) is 146 cm³/mol. The molecule has 0 fully saturated rings. The van der Waals surface area contributed by atoms with Gasteiger partial charge in [-0.1, -0.05) is 0 Å². The van der Waals surface area contributed by atoms with Crippen LogP contribution in [-0.4, -0.2) is 68.6 Å². The normalized spacial score (nSPS) is 13.7. The Morgan fingerprint density at radius 3 is 2.06 bits per heavy atom. The van der Waals surface area contributed by atoms with Crippen LogP contribution in [0.3, 0.4) is 0 Å². The minimum atomic E-state index is -2.35. The van der Waals surface area contributed by atoms with Crippen molar-refractivity contribution in [3.63, 3.8) is 0 Å². The average molecular weight is 496 g/mol. The fraction of sp³-hybridized carbons (Fsp3) is 0.680. The summed E-state index contributed by atoms with van der Waals surface area (Å²) in [6, 6.07) is 10.4. The van der Waals surface area contributed by atoms with E-state index >= 15 is 0 Å². The molecule has 6 nitrogen and oxygen atoms in total. The van der Waals surface area contributed by atoms with E-state index < -0.39 is 17.1 Å². The molecular weight excluding hydrogens is 448 g/mol. The van der Waals surface area contributed by atoms with Gasteiger partial charge in [0.1, 0.15) is 0 Å². The zero-order valence-corrected chi connectivity index (χ0v) is 24.2. The van der Waals surface area contributed by atoms with E-state index in [0.717, 1.165) is 68.1 Å². The molecule has 0 saturated carbocycles. The van der Waals surface area contributed by atoms with Gasteiger partial charge in [0.05, 0.1) is 0 Å². The first-order valence-corrected chi connectivity index (χ1v) is 18.1. The van der Waals surface area contributed by atoms with Crippen LogP contribution in [0.25, 0.3) is 0 Å². The molecular formula is C25H47N2O4Si2-. The van der Waals surface area contributed by atoms with Crippen LogP contribution in [0, 0.1) is 0 Å². The van der Waals surface area contributed by atoms with Gasteiger partial charge >= 0.3 is 149 Å². The number of hydrogen-bond acceptors (Lipinski definition) is 6. The molecule has 0 heterocycles. The molecule has 0 radical (unpaired) electrons. The number of nitrogens with zero attached hydrogens (tertiary/aromatic N) is 2. The van der Waals surface area contributed by atoms with Gasteiger partial charge in [0.15, 0.2) is 0 Å². The van der Waals surface area contributed by atoms with E-state index in [4.69, 9.17) is 22.7 Å². The van der Waals surface area contributed by atoms with Crippen LogP contribution in [-0.2, 0) is 17.7 Å². The van der Waals surface area contributed by atoms with Crippen molar-refractivity contribution in [2.75, 3.05) is 39.5 Å². The molecule has 0 amide bonds. The third-order valence-electron chi connectivity index (χ3n) is 5.66. The van der Waals surface area contributed by atoms with E-state index in [2.05, 4.69) is 49.3 Å². The number of hydrogen-bond donors (Lipinski definition) is 0. The summed E-state index contributed by atoms with van der Waals surface area (Å²) >= 11 is 0. The molecule has 1 rings (SSSR count). The van der Waals surface area contributed by atoms with Gasteiger partial charge in [-0.3, -0.25) is 0 Å². The Kier molecular flexibility index (Phi) is 14.9. The Bertz CT molecular complexity index is 699. The summed E-state index contributed by atoms with van der Waals surface area (Å²) in [6.07, 6.45) is 3.93. The molecule has 0 atom stereocenters. The smallest absolute Gasteiger partial charge is 0.0333 e. The summed E-state index contributed by atoms with van der Waals surface area (Å²) in [5.41, 5.74) is 3.33. The maximum Gasteiger partial charge on any atom is 0.0333 e. The van der Waals surface area contributed by atoms with Gasteiger partial charge in [-0.05, 0) is 32.9 Å². The third kappa shape index (κ3) is 12.2. The van der Waals surface area contributed by atoms with Crippen molar-refractivity contribution >= 4 is 29.0 Å². The monoisotopic (exact) mass is 495 g/mol. The topological polar surface area (TPSA) is 61.6 Å². The van der Waals surface area contributed by atoms with Crippen molar-refractivity contribution in [3.8, 4) is 0 Å². The standard InChI is InChI=1S/C25H47N2O4Si2/c1-8-28-32(6,29-9-2)20-12-18-26-22-24-14-16-25(17-15-24)23(5)27-19-13-21-33(7,30-10-3)31-11-4/h14-17,22,33H,8-13,18-21H2,1-7H3/q-1. The summed E-state index contributed by atoms with van der Waals surface area (Å²) in [6.45, 7) is 19.0. The second-order valence-corrected chi connectivity index (χ2v) is 15.8. The van der Waals surface area contributed by atoms with Gasteiger partial charge in [0.2, 0.25) is 0 Å². The van der Waals surface area contributed by atoms with Gasteiger partial charge in [-0.15, -0.1) is 0 Å². The Morgan fingerprint density at radius 1 is 0.909 bits per heavy atom. The zero-order valence-electron chi connectivity index (χ0n) is 22.1. The molecule has 33 heavy (non-hydrogen) atoms. The second kappa shape index (κ2) is 16.5. The quantitative estimate of drug-likeness (QED) is 0.148. The zero-order chi connectivity index (χ0) is 24.6. The van der Waals surface area contributed by atoms with Crippen LogP contribution in [0.15, 0.2) is 34.3 Å². The van der Waals surface area contributed by atoms with Crippen LogP contribution in [0.1, 0.15) is 58.6 Å². The van der Waals surface area contributed by atoms with Gasteiger partial charge < -0.3 is 8.85 Å². The van der Waals surface area contributed by atoms with Gasteiger partial charge in [0, 0.05) is 13.2 Å². The van der Waals surface area contributed by atoms with E-state index in [1.165, 1.54) is 0 Å². The molecule has 0 aromatic heterocycles. The Balaban J connectivity index is 2.48. The molecule has 1 aromatic rings. The van der Waals surface area contributed by atoms with Crippen molar-refractivity contribution in [3.05, 3.63) is 35.4 Å². The summed E-state index contributed by atoms with van der Waals surface area (Å²) in [5, 5.41) is 0. The first kappa shape index (κ1) is 29.9. The molecule has 190 valence electrons. The largest absolute Gasteiger partial charge is 0.395 e. The minimum Gasteiger partial charge on any atom is -0.395 e. The van der Waals surface area contributed by atoms with Crippen molar-refractivity contribution in [2.24, 2.45) is 9.98 Å². The summed E-state index contributed by atoms with van der Waals surface area (Å²) in [5.74, 6) is 0. The van der Waals surface area contributed by atoms with Crippen molar-refractivity contribution in [2.45, 2.75) is 72.6 Å². The predicted octanol–water partition coefficient (Wildman–Crippen LogP) is 5.72. The van der Waals surface area contributed by atoms with E-state index in [1.54, 1.807) is 0 Å². The van der Waals surface area contributed by atoms with E-state index in [9.17, 15) is 0 Å². The maximum absolute atomic E-state index is 5.93. The van der Waals surface area contributed by atoms with Gasteiger partial charge in [-0.25, -0.2) is 0 Å². The fourth-order valence-electron chi connectivity index (χ4n) is 3.99. The molecule has 0 spiro atoms.